The topological polar surface area (TPSA) is 50.7 Å². The first-order chi connectivity index (χ1) is 14.1. The summed E-state index contributed by atoms with van der Waals surface area (Å²) in [6.45, 7) is 0.464. The quantitative estimate of drug-likeness (QED) is 0.270. The number of nitrogens with zero attached hydrogens (tertiary/aromatic N) is 1. The molecule has 0 aliphatic carbocycles. The lowest BCUT2D eigenvalue weighted by Crippen LogP contribution is -2.19. The summed E-state index contributed by atoms with van der Waals surface area (Å²) in [6, 6.07) is 22.3. The molecule has 0 saturated carbocycles. The van der Waals surface area contributed by atoms with Gasteiger partial charge in [0.05, 0.1) is 12.0 Å². The Labute approximate surface area is 183 Å². The molecule has 0 spiro atoms. The van der Waals surface area contributed by atoms with Crippen LogP contribution in [0.1, 0.15) is 11.1 Å². The van der Waals surface area contributed by atoms with Gasteiger partial charge in [-0.2, -0.15) is 5.10 Å². The smallest absolute Gasteiger partial charge is 0.250 e. The van der Waals surface area contributed by atoms with Gasteiger partial charge < -0.3 is 4.74 Å². The number of benzene rings is 3. The van der Waals surface area contributed by atoms with Crippen molar-refractivity contribution in [2.24, 2.45) is 5.10 Å². The molecule has 3 aromatic carbocycles. The van der Waals surface area contributed by atoms with Crippen molar-refractivity contribution in [2.45, 2.75) is 11.5 Å². The third-order valence-corrected chi connectivity index (χ3v) is 5.30. The van der Waals surface area contributed by atoms with E-state index in [2.05, 4.69) is 10.5 Å². The van der Waals surface area contributed by atoms with Crippen molar-refractivity contribution in [3.63, 3.8) is 0 Å². The molecule has 0 fully saturated rings. The van der Waals surface area contributed by atoms with Gasteiger partial charge in [0, 0.05) is 14.9 Å². The average molecular weight is 445 g/mol. The number of ether oxygens (including phenoxy) is 1. The molecule has 148 valence electrons. The van der Waals surface area contributed by atoms with Gasteiger partial charge in [0.1, 0.15) is 12.4 Å². The summed E-state index contributed by atoms with van der Waals surface area (Å²) in [7, 11) is 0. The number of amides is 1. The average Bonchev–Trinajstić information content (AvgIpc) is 2.74. The lowest BCUT2D eigenvalue weighted by molar-refractivity contribution is -0.118. The predicted octanol–water partition coefficient (Wildman–Crippen LogP) is 5.81. The molecule has 0 unspecified atom stereocenters. The Hall–Kier alpha value is -2.47. The van der Waals surface area contributed by atoms with E-state index in [1.165, 1.54) is 11.8 Å². The number of thioether (sulfide) groups is 1. The molecular formula is C22H18Cl2N2O2S. The highest BCUT2D eigenvalue weighted by Crippen LogP contribution is 2.20. The fourth-order valence-corrected chi connectivity index (χ4v) is 3.23. The van der Waals surface area contributed by atoms with Crippen LogP contribution in [0.25, 0.3) is 0 Å². The minimum absolute atomic E-state index is 0.177. The summed E-state index contributed by atoms with van der Waals surface area (Å²) < 4.78 is 5.74. The molecule has 0 aromatic heterocycles. The van der Waals surface area contributed by atoms with E-state index in [1.807, 2.05) is 60.7 Å². The number of carbonyl (C=O) groups is 1. The van der Waals surface area contributed by atoms with Crippen LogP contribution in [0.2, 0.25) is 10.0 Å². The van der Waals surface area contributed by atoms with Crippen molar-refractivity contribution < 1.29 is 9.53 Å². The molecule has 7 heteroatoms. The van der Waals surface area contributed by atoms with Crippen LogP contribution < -0.4 is 10.2 Å². The van der Waals surface area contributed by atoms with E-state index in [0.717, 1.165) is 21.8 Å². The van der Waals surface area contributed by atoms with Gasteiger partial charge in [-0.05, 0) is 71.8 Å². The number of hydrogen-bond donors (Lipinski definition) is 1. The van der Waals surface area contributed by atoms with Crippen LogP contribution in [-0.2, 0) is 11.4 Å². The molecule has 0 bridgehead atoms. The van der Waals surface area contributed by atoms with Gasteiger partial charge in [0.2, 0.25) is 5.91 Å². The molecule has 3 rings (SSSR count). The van der Waals surface area contributed by atoms with Gasteiger partial charge in [-0.1, -0.05) is 35.3 Å². The molecule has 0 aliphatic rings. The van der Waals surface area contributed by atoms with E-state index in [1.54, 1.807) is 18.3 Å². The van der Waals surface area contributed by atoms with Crippen molar-refractivity contribution in [3.8, 4) is 5.75 Å². The molecule has 0 radical (unpaired) electrons. The second-order valence-corrected chi connectivity index (χ2v) is 7.94. The van der Waals surface area contributed by atoms with Crippen LogP contribution in [-0.4, -0.2) is 17.9 Å². The summed E-state index contributed by atoms with van der Waals surface area (Å²) in [5.74, 6) is 0.848. The molecule has 0 saturated heterocycles. The molecular weight excluding hydrogens is 427 g/mol. The normalized spacial score (nSPS) is 10.8. The van der Waals surface area contributed by atoms with Gasteiger partial charge in [0.25, 0.3) is 0 Å². The third kappa shape index (κ3) is 7.46. The predicted molar refractivity (Wildman–Crippen MR) is 120 cm³/mol. The van der Waals surface area contributed by atoms with E-state index in [9.17, 15) is 4.79 Å². The SMILES string of the molecule is O=C(CSc1ccc(Cl)cc1)N/N=C\c1ccc(OCc2ccc(Cl)cc2)cc1. The Bertz CT molecular complexity index is 960. The number of nitrogens with one attached hydrogen (secondary N) is 1. The molecule has 0 heterocycles. The van der Waals surface area contributed by atoms with Crippen molar-refractivity contribution in [1.29, 1.82) is 0 Å². The Kier molecular flexibility index (Phi) is 7.99. The lowest BCUT2D eigenvalue weighted by Gasteiger charge is -2.06. The summed E-state index contributed by atoms with van der Waals surface area (Å²) in [5, 5.41) is 5.36. The van der Waals surface area contributed by atoms with Gasteiger partial charge in [0.15, 0.2) is 0 Å². The number of rotatable bonds is 8. The maximum Gasteiger partial charge on any atom is 0.250 e. The molecule has 0 atom stereocenters. The highest BCUT2D eigenvalue weighted by atomic mass is 35.5. The van der Waals surface area contributed by atoms with Crippen molar-refractivity contribution in [1.82, 2.24) is 5.43 Å². The third-order valence-electron chi connectivity index (χ3n) is 3.79. The first-order valence-electron chi connectivity index (χ1n) is 8.76. The van der Waals surface area contributed by atoms with Gasteiger partial charge in [-0.25, -0.2) is 5.43 Å². The lowest BCUT2D eigenvalue weighted by atomic mass is 10.2. The standard InChI is InChI=1S/C22H18Cl2N2O2S/c23-18-5-1-17(2-6-18)14-28-20-9-3-16(4-10-20)13-25-26-22(27)15-29-21-11-7-19(24)8-12-21/h1-13H,14-15H2,(H,26,27)/b25-13-. The maximum atomic E-state index is 11.9. The van der Waals surface area contributed by atoms with Gasteiger partial charge in [-0.15, -0.1) is 11.8 Å². The minimum Gasteiger partial charge on any atom is -0.489 e. The molecule has 1 amide bonds. The maximum absolute atomic E-state index is 11.9. The molecule has 0 aliphatic heterocycles. The summed E-state index contributed by atoms with van der Waals surface area (Å²) in [4.78, 5) is 12.8. The Balaban J connectivity index is 1.41. The van der Waals surface area contributed by atoms with E-state index in [0.29, 0.717) is 16.7 Å². The summed E-state index contributed by atoms with van der Waals surface area (Å²) in [6.07, 6.45) is 1.59. The molecule has 4 nitrogen and oxygen atoms in total. The Morgan fingerprint density at radius 3 is 2.21 bits per heavy atom. The van der Waals surface area contributed by atoms with Gasteiger partial charge in [-0.3, -0.25) is 4.79 Å². The highest BCUT2D eigenvalue weighted by Gasteiger charge is 2.02. The van der Waals surface area contributed by atoms with E-state index >= 15 is 0 Å². The van der Waals surface area contributed by atoms with Crippen LogP contribution in [0, 0.1) is 0 Å². The zero-order valence-electron chi connectivity index (χ0n) is 15.3. The first-order valence-corrected chi connectivity index (χ1v) is 10.5. The van der Waals surface area contributed by atoms with E-state index < -0.39 is 0 Å². The number of hydrazone groups is 1. The number of halogens is 2. The van der Waals surface area contributed by atoms with Crippen LogP contribution >= 0.6 is 35.0 Å². The van der Waals surface area contributed by atoms with E-state index in [-0.39, 0.29) is 11.7 Å². The monoisotopic (exact) mass is 444 g/mol. The van der Waals surface area contributed by atoms with Crippen LogP contribution in [0.5, 0.6) is 5.75 Å². The largest absolute Gasteiger partial charge is 0.489 e. The van der Waals surface area contributed by atoms with Crippen molar-refractivity contribution >= 4 is 47.1 Å². The Morgan fingerprint density at radius 2 is 1.55 bits per heavy atom. The fourth-order valence-electron chi connectivity index (χ4n) is 2.29. The van der Waals surface area contributed by atoms with Crippen molar-refractivity contribution in [2.75, 3.05) is 5.75 Å². The van der Waals surface area contributed by atoms with Gasteiger partial charge >= 0.3 is 0 Å². The van der Waals surface area contributed by atoms with Crippen LogP contribution in [0.15, 0.2) is 82.8 Å². The minimum atomic E-state index is -0.177. The zero-order chi connectivity index (χ0) is 20.5. The first kappa shape index (κ1) is 21.2. The molecule has 3 aromatic rings. The molecule has 29 heavy (non-hydrogen) atoms. The number of carbonyl (C=O) groups excluding carboxylic acids is 1. The second kappa shape index (κ2) is 10.9. The zero-order valence-corrected chi connectivity index (χ0v) is 17.7. The van der Waals surface area contributed by atoms with Crippen molar-refractivity contribution in [3.05, 3.63) is 94.0 Å². The number of hydrogen-bond acceptors (Lipinski definition) is 4. The summed E-state index contributed by atoms with van der Waals surface area (Å²) in [5.41, 5.74) is 4.42. The highest BCUT2D eigenvalue weighted by molar-refractivity contribution is 8.00. The summed E-state index contributed by atoms with van der Waals surface area (Å²) >= 11 is 13.1. The Morgan fingerprint density at radius 1 is 0.931 bits per heavy atom. The second-order valence-electron chi connectivity index (χ2n) is 6.02. The fraction of sp³-hybridized carbons (Fsp3) is 0.0909. The van der Waals surface area contributed by atoms with E-state index in [4.69, 9.17) is 27.9 Å². The van der Waals surface area contributed by atoms with Crippen LogP contribution in [0.4, 0.5) is 0 Å². The van der Waals surface area contributed by atoms with Crippen LogP contribution in [0.3, 0.4) is 0 Å². The molecule has 1 N–H and O–H groups in total.